The number of aromatic nitrogens is 3. The quantitative estimate of drug-likeness (QED) is 0.737. The molecule has 4 nitrogen and oxygen atoms in total. The molecule has 0 amide bonds. The highest BCUT2D eigenvalue weighted by atomic mass is 35.5. The SMILES string of the molecule is Cn1ccc(CCNCc2ccc(Cl)c3cccnc23)n1. The molecular formula is C16H17ClN4. The molecule has 3 aromatic rings. The molecule has 1 N–H and O–H groups in total. The van der Waals surface area contributed by atoms with Crippen molar-refractivity contribution in [2.45, 2.75) is 13.0 Å². The molecule has 21 heavy (non-hydrogen) atoms. The minimum Gasteiger partial charge on any atom is -0.312 e. The van der Waals surface area contributed by atoms with E-state index in [1.165, 1.54) is 0 Å². The molecule has 2 aromatic heterocycles. The fourth-order valence-electron chi connectivity index (χ4n) is 2.38. The van der Waals surface area contributed by atoms with Crippen LogP contribution in [-0.4, -0.2) is 21.3 Å². The van der Waals surface area contributed by atoms with Gasteiger partial charge in [0.15, 0.2) is 0 Å². The van der Waals surface area contributed by atoms with Gasteiger partial charge in [0.25, 0.3) is 0 Å². The largest absolute Gasteiger partial charge is 0.312 e. The molecule has 0 aliphatic carbocycles. The number of hydrogen-bond acceptors (Lipinski definition) is 3. The van der Waals surface area contributed by atoms with Gasteiger partial charge in [0.05, 0.1) is 11.2 Å². The number of nitrogens with zero attached hydrogens (tertiary/aromatic N) is 3. The van der Waals surface area contributed by atoms with Crippen LogP contribution in [-0.2, 0) is 20.0 Å². The third-order valence-electron chi connectivity index (χ3n) is 3.44. The number of rotatable bonds is 5. The summed E-state index contributed by atoms with van der Waals surface area (Å²) < 4.78 is 1.83. The van der Waals surface area contributed by atoms with Gasteiger partial charge in [0, 0.05) is 49.4 Å². The van der Waals surface area contributed by atoms with Crippen molar-refractivity contribution in [3.63, 3.8) is 0 Å². The zero-order chi connectivity index (χ0) is 14.7. The first kappa shape index (κ1) is 14.0. The lowest BCUT2D eigenvalue weighted by Crippen LogP contribution is -2.17. The number of fused-ring (bicyclic) bond motifs is 1. The topological polar surface area (TPSA) is 42.7 Å². The molecule has 0 atom stereocenters. The molecule has 0 aliphatic heterocycles. The normalized spacial score (nSPS) is 11.1. The van der Waals surface area contributed by atoms with Crippen LogP contribution in [0.15, 0.2) is 42.7 Å². The molecule has 0 bridgehead atoms. The van der Waals surface area contributed by atoms with Crippen LogP contribution in [0, 0.1) is 0 Å². The van der Waals surface area contributed by atoms with Crippen molar-refractivity contribution in [1.29, 1.82) is 0 Å². The molecule has 108 valence electrons. The number of hydrogen-bond donors (Lipinski definition) is 1. The van der Waals surface area contributed by atoms with E-state index < -0.39 is 0 Å². The van der Waals surface area contributed by atoms with E-state index in [9.17, 15) is 0 Å². The molecule has 1 aromatic carbocycles. The summed E-state index contributed by atoms with van der Waals surface area (Å²) in [5, 5.41) is 9.55. The van der Waals surface area contributed by atoms with Crippen LogP contribution in [0.3, 0.4) is 0 Å². The van der Waals surface area contributed by atoms with Crippen LogP contribution in [0.2, 0.25) is 5.02 Å². The van der Waals surface area contributed by atoms with E-state index in [-0.39, 0.29) is 0 Å². The van der Waals surface area contributed by atoms with Crippen molar-refractivity contribution in [2.24, 2.45) is 7.05 Å². The first-order valence-corrected chi connectivity index (χ1v) is 7.33. The summed E-state index contributed by atoms with van der Waals surface area (Å²) in [6.07, 6.45) is 4.68. The van der Waals surface area contributed by atoms with Crippen molar-refractivity contribution in [3.8, 4) is 0 Å². The fraction of sp³-hybridized carbons (Fsp3) is 0.250. The maximum atomic E-state index is 6.20. The van der Waals surface area contributed by atoms with Gasteiger partial charge < -0.3 is 5.32 Å². The molecule has 0 saturated carbocycles. The monoisotopic (exact) mass is 300 g/mol. The van der Waals surface area contributed by atoms with Gasteiger partial charge in [0.2, 0.25) is 0 Å². The van der Waals surface area contributed by atoms with E-state index in [1.54, 1.807) is 6.20 Å². The number of halogens is 1. The average molecular weight is 301 g/mol. The van der Waals surface area contributed by atoms with Crippen molar-refractivity contribution < 1.29 is 0 Å². The minimum absolute atomic E-state index is 0.746. The lowest BCUT2D eigenvalue weighted by molar-refractivity contribution is 0.667. The Morgan fingerprint density at radius 3 is 2.95 bits per heavy atom. The number of pyridine rings is 1. The van der Waals surface area contributed by atoms with Crippen molar-refractivity contribution in [3.05, 3.63) is 59.0 Å². The van der Waals surface area contributed by atoms with Crippen LogP contribution in [0.1, 0.15) is 11.3 Å². The van der Waals surface area contributed by atoms with Gasteiger partial charge in [0.1, 0.15) is 0 Å². The third-order valence-corrected chi connectivity index (χ3v) is 3.77. The molecule has 0 spiro atoms. The predicted molar refractivity (Wildman–Crippen MR) is 85.4 cm³/mol. The zero-order valence-corrected chi connectivity index (χ0v) is 12.6. The van der Waals surface area contributed by atoms with Crippen molar-refractivity contribution in [2.75, 3.05) is 6.54 Å². The second-order valence-electron chi connectivity index (χ2n) is 5.01. The number of nitrogens with one attached hydrogen (secondary N) is 1. The number of aryl methyl sites for hydroxylation is 1. The van der Waals surface area contributed by atoms with Crippen LogP contribution in [0.4, 0.5) is 0 Å². The highest BCUT2D eigenvalue weighted by Crippen LogP contribution is 2.24. The van der Waals surface area contributed by atoms with Crippen LogP contribution in [0.25, 0.3) is 10.9 Å². The Morgan fingerprint density at radius 1 is 1.24 bits per heavy atom. The van der Waals surface area contributed by atoms with E-state index >= 15 is 0 Å². The maximum absolute atomic E-state index is 6.20. The lowest BCUT2D eigenvalue weighted by atomic mass is 10.1. The average Bonchev–Trinajstić information content (AvgIpc) is 2.91. The zero-order valence-electron chi connectivity index (χ0n) is 11.9. The smallest absolute Gasteiger partial charge is 0.0761 e. The highest BCUT2D eigenvalue weighted by Gasteiger charge is 2.05. The Kier molecular flexibility index (Phi) is 4.18. The van der Waals surface area contributed by atoms with E-state index in [0.717, 1.165) is 46.7 Å². The molecule has 0 unspecified atom stereocenters. The Morgan fingerprint density at radius 2 is 2.14 bits per heavy atom. The minimum atomic E-state index is 0.746. The Bertz CT molecular complexity index is 751. The van der Waals surface area contributed by atoms with Crippen molar-refractivity contribution in [1.82, 2.24) is 20.1 Å². The van der Waals surface area contributed by atoms with Gasteiger partial charge in [-0.15, -0.1) is 0 Å². The second kappa shape index (κ2) is 6.24. The first-order chi connectivity index (χ1) is 10.2. The summed E-state index contributed by atoms with van der Waals surface area (Å²) >= 11 is 6.20. The molecule has 2 heterocycles. The summed E-state index contributed by atoms with van der Waals surface area (Å²) in [4.78, 5) is 4.44. The summed E-state index contributed by atoms with van der Waals surface area (Å²) in [5.74, 6) is 0. The predicted octanol–water partition coefficient (Wildman–Crippen LogP) is 2.95. The molecule has 0 radical (unpaired) electrons. The van der Waals surface area contributed by atoms with E-state index in [4.69, 9.17) is 11.6 Å². The van der Waals surface area contributed by atoms with E-state index in [2.05, 4.69) is 15.4 Å². The van der Waals surface area contributed by atoms with Crippen molar-refractivity contribution >= 4 is 22.5 Å². The van der Waals surface area contributed by atoms with Crippen LogP contribution < -0.4 is 5.32 Å². The summed E-state index contributed by atoms with van der Waals surface area (Å²) in [6, 6.07) is 9.92. The van der Waals surface area contributed by atoms with Crippen LogP contribution >= 0.6 is 11.6 Å². The Balaban J connectivity index is 1.64. The van der Waals surface area contributed by atoms with Gasteiger partial charge in [-0.3, -0.25) is 9.67 Å². The lowest BCUT2D eigenvalue weighted by Gasteiger charge is -2.08. The summed E-state index contributed by atoms with van der Waals surface area (Å²) in [6.45, 7) is 1.66. The summed E-state index contributed by atoms with van der Waals surface area (Å²) in [5.41, 5.74) is 3.23. The molecule has 0 aliphatic rings. The van der Waals surface area contributed by atoms with Gasteiger partial charge in [-0.05, 0) is 29.8 Å². The molecule has 5 heteroatoms. The van der Waals surface area contributed by atoms with Crippen LogP contribution in [0.5, 0.6) is 0 Å². The standard InChI is InChI=1S/C16H17ClN4/c1-21-10-7-13(20-21)6-9-18-11-12-4-5-15(17)14-3-2-8-19-16(12)14/h2-5,7-8,10,18H,6,9,11H2,1H3. The van der Waals surface area contributed by atoms with E-state index in [1.807, 2.05) is 48.3 Å². The molecule has 3 rings (SSSR count). The second-order valence-corrected chi connectivity index (χ2v) is 5.42. The van der Waals surface area contributed by atoms with Gasteiger partial charge in [-0.2, -0.15) is 5.10 Å². The molecule has 0 fully saturated rings. The van der Waals surface area contributed by atoms with E-state index in [0.29, 0.717) is 0 Å². The Hall–Kier alpha value is -1.91. The first-order valence-electron chi connectivity index (χ1n) is 6.95. The fourth-order valence-corrected chi connectivity index (χ4v) is 2.59. The third kappa shape index (κ3) is 3.23. The van der Waals surface area contributed by atoms with Gasteiger partial charge in [-0.1, -0.05) is 17.7 Å². The Labute approximate surface area is 128 Å². The van der Waals surface area contributed by atoms with Gasteiger partial charge in [-0.25, -0.2) is 0 Å². The molecule has 0 saturated heterocycles. The highest BCUT2D eigenvalue weighted by molar-refractivity contribution is 6.35. The number of benzene rings is 1. The maximum Gasteiger partial charge on any atom is 0.0761 e. The molecular weight excluding hydrogens is 284 g/mol. The summed E-state index contributed by atoms with van der Waals surface area (Å²) in [7, 11) is 1.93. The van der Waals surface area contributed by atoms with Gasteiger partial charge >= 0.3 is 0 Å².